The molecule has 0 unspecified atom stereocenters. The van der Waals surface area contributed by atoms with Gasteiger partial charge in [-0.2, -0.15) is 0 Å². The molecule has 0 aliphatic carbocycles. The first-order chi connectivity index (χ1) is 10.1. The molecule has 0 spiro atoms. The fraction of sp³-hybridized carbons (Fsp3) is 0.520. The molecule has 2 aromatic rings. The SMILES string of the molecule is C.C.C.C.CCC.CCc1ccc(CC)cc1.Cc1ccc(C)cc1. The molecule has 0 aliphatic heterocycles. The van der Waals surface area contributed by atoms with E-state index in [-0.39, 0.29) is 29.7 Å². The summed E-state index contributed by atoms with van der Waals surface area (Å²) < 4.78 is 0. The van der Waals surface area contributed by atoms with Gasteiger partial charge in [0.05, 0.1) is 0 Å². The Morgan fingerprint density at radius 2 is 0.680 bits per heavy atom. The van der Waals surface area contributed by atoms with E-state index in [1.54, 1.807) is 0 Å². The van der Waals surface area contributed by atoms with Crippen LogP contribution in [-0.4, -0.2) is 0 Å². The van der Waals surface area contributed by atoms with Gasteiger partial charge < -0.3 is 0 Å². The predicted octanol–water partition coefficient (Wildman–Crippen LogP) is 9.08. The van der Waals surface area contributed by atoms with E-state index in [0.29, 0.717) is 0 Å². The van der Waals surface area contributed by atoms with Crippen molar-refractivity contribution in [1.29, 1.82) is 0 Å². The second-order valence-electron chi connectivity index (χ2n) is 5.39. The number of benzene rings is 2. The van der Waals surface area contributed by atoms with Gasteiger partial charge in [-0.3, -0.25) is 0 Å². The van der Waals surface area contributed by atoms with E-state index in [0.717, 1.165) is 12.8 Å². The zero-order valence-electron chi connectivity index (χ0n) is 14.7. The second kappa shape index (κ2) is 22.4. The Balaban J connectivity index is -0.0000000819. The van der Waals surface area contributed by atoms with Crippen molar-refractivity contribution in [2.24, 2.45) is 0 Å². The third-order valence-electron chi connectivity index (χ3n) is 3.06. The Bertz CT molecular complexity index is 404. The van der Waals surface area contributed by atoms with Crippen molar-refractivity contribution in [1.82, 2.24) is 0 Å². The predicted molar refractivity (Wildman–Crippen MR) is 124 cm³/mol. The first-order valence-electron chi connectivity index (χ1n) is 8.18. The van der Waals surface area contributed by atoms with Gasteiger partial charge in [-0.05, 0) is 37.8 Å². The van der Waals surface area contributed by atoms with Gasteiger partial charge in [-0.1, -0.05) is 123 Å². The number of rotatable bonds is 2. The molecule has 2 aromatic carbocycles. The van der Waals surface area contributed by atoms with Crippen LogP contribution in [0.4, 0.5) is 0 Å². The molecule has 25 heavy (non-hydrogen) atoms. The van der Waals surface area contributed by atoms with Crippen molar-refractivity contribution in [2.75, 3.05) is 0 Å². The summed E-state index contributed by atoms with van der Waals surface area (Å²) in [6.45, 7) is 12.8. The first kappa shape index (κ1) is 34.7. The van der Waals surface area contributed by atoms with Crippen molar-refractivity contribution in [2.45, 2.75) is 90.5 Å². The van der Waals surface area contributed by atoms with E-state index in [4.69, 9.17) is 0 Å². The Kier molecular flexibility index (Phi) is 31.2. The lowest BCUT2D eigenvalue weighted by molar-refractivity contribution is 1.09. The maximum atomic E-state index is 2.21. The number of hydrogen-bond donors (Lipinski definition) is 0. The largest absolute Gasteiger partial charge is 0.0776 e. The molecule has 0 radical (unpaired) electrons. The first-order valence-corrected chi connectivity index (χ1v) is 8.18. The lowest BCUT2D eigenvalue weighted by Gasteiger charge is -1.97. The minimum absolute atomic E-state index is 0. The molecule has 0 amide bonds. The summed E-state index contributed by atoms with van der Waals surface area (Å²) in [5.41, 5.74) is 5.51. The van der Waals surface area contributed by atoms with Crippen molar-refractivity contribution in [3.05, 3.63) is 70.8 Å². The quantitative estimate of drug-likeness (QED) is 0.507. The third kappa shape index (κ3) is 18.6. The molecule has 148 valence electrons. The Labute approximate surface area is 161 Å². The lowest BCUT2D eigenvalue weighted by atomic mass is 10.1. The molecule has 0 saturated carbocycles. The van der Waals surface area contributed by atoms with E-state index < -0.39 is 0 Å². The summed E-state index contributed by atoms with van der Waals surface area (Å²) in [7, 11) is 0. The van der Waals surface area contributed by atoms with Crippen molar-refractivity contribution < 1.29 is 0 Å². The van der Waals surface area contributed by atoms with Gasteiger partial charge in [-0.15, -0.1) is 0 Å². The number of aryl methyl sites for hydroxylation is 4. The molecule has 2 rings (SSSR count). The van der Waals surface area contributed by atoms with Gasteiger partial charge in [0.1, 0.15) is 0 Å². The molecular weight excluding hydrogens is 300 g/mol. The van der Waals surface area contributed by atoms with Crippen LogP contribution in [0.15, 0.2) is 48.5 Å². The molecule has 0 heterocycles. The summed E-state index contributed by atoms with van der Waals surface area (Å²) in [6.07, 6.45) is 3.54. The Hall–Kier alpha value is -1.56. The zero-order chi connectivity index (χ0) is 16.1. The van der Waals surface area contributed by atoms with Gasteiger partial charge in [-0.25, -0.2) is 0 Å². The zero-order valence-corrected chi connectivity index (χ0v) is 14.7. The molecular formula is C25H48. The summed E-state index contributed by atoms with van der Waals surface area (Å²) in [5, 5.41) is 0. The van der Waals surface area contributed by atoms with Crippen LogP contribution in [0.3, 0.4) is 0 Å². The highest BCUT2D eigenvalue weighted by atomic mass is 13.9. The van der Waals surface area contributed by atoms with E-state index in [2.05, 4.69) is 90.1 Å². The van der Waals surface area contributed by atoms with Crippen LogP contribution in [0.25, 0.3) is 0 Å². The van der Waals surface area contributed by atoms with E-state index in [9.17, 15) is 0 Å². The highest BCUT2D eigenvalue weighted by Gasteiger charge is 1.88. The molecule has 0 aromatic heterocycles. The maximum Gasteiger partial charge on any atom is -0.0307 e. The second-order valence-corrected chi connectivity index (χ2v) is 5.39. The average Bonchev–Trinajstić information content (AvgIpc) is 2.52. The topological polar surface area (TPSA) is 0 Å². The highest BCUT2D eigenvalue weighted by Crippen LogP contribution is 2.04. The summed E-state index contributed by atoms with van der Waals surface area (Å²) in [4.78, 5) is 0. The van der Waals surface area contributed by atoms with E-state index in [1.807, 2.05) is 0 Å². The van der Waals surface area contributed by atoms with Crippen LogP contribution in [0.5, 0.6) is 0 Å². The Morgan fingerprint density at radius 1 is 0.480 bits per heavy atom. The van der Waals surface area contributed by atoms with Crippen LogP contribution < -0.4 is 0 Å². The summed E-state index contributed by atoms with van der Waals surface area (Å²) in [5.74, 6) is 0. The number of hydrogen-bond acceptors (Lipinski definition) is 0. The summed E-state index contributed by atoms with van der Waals surface area (Å²) in [6, 6.07) is 17.3. The molecule has 0 atom stereocenters. The van der Waals surface area contributed by atoms with Crippen molar-refractivity contribution in [3.8, 4) is 0 Å². The minimum Gasteiger partial charge on any atom is -0.0776 e. The maximum absolute atomic E-state index is 2.21. The van der Waals surface area contributed by atoms with Gasteiger partial charge in [0.2, 0.25) is 0 Å². The summed E-state index contributed by atoms with van der Waals surface area (Å²) >= 11 is 0. The van der Waals surface area contributed by atoms with Crippen LogP contribution in [0.1, 0.15) is 86.1 Å². The standard InChI is InChI=1S/C10H14.C8H10.C3H8.4CH4/c1-3-9-5-7-10(4-2)8-6-9;1-7-3-5-8(2)6-4-7;1-3-2;;;;/h5-8H,3-4H2,1-2H3;3-6H,1-2H3;3H2,1-2H3;4*1H4. The molecule has 0 fully saturated rings. The smallest absolute Gasteiger partial charge is 0.0307 e. The van der Waals surface area contributed by atoms with Gasteiger partial charge in [0, 0.05) is 0 Å². The van der Waals surface area contributed by atoms with Crippen LogP contribution in [0, 0.1) is 13.8 Å². The van der Waals surface area contributed by atoms with Crippen LogP contribution in [-0.2, 0) is 12.8 Å². The van der Waals surface area contributed by atoms with Gasteiger partial charge in [0.25, 0.3) is 0 Å². The van der Waals surface area contributed by atoms with E-state index in [1.165, 1.54) is 28.7 Å². The fourth-order valence-corrected chi connectivity index (χ4v) is 1.65. The van der Waals surface area contributed by atoms with Crippen molar-refractivity contribution >= 4 is 0 Å². The highest BCUT2D eigenvalue weighted by molar-refractivity contribution is 5.22. The molecule has 0 saturated heterocycles. The minimum atomic E-state index is 0. The van der Waals surface area contributed by atoms with E-state index >= 15 is 0 Å². The fourth-order valence-electron chi connectivity index (χ4n) is 1.65. The Morgan fingerprint density at radius 3 is 0.840 bits per heavy atom. The van der Waals surface area contributed by atoms with Crippen LogP contribution in [0.2, 0.25) is 0 Å². The molecule has 0 heteroatoms. The monoisotopic (exact) mass is 348 g/mol. The molecule has 0 nitrogen and oxygen atoms in total. The average molecular weight is 349 g/mol. The van der Waals surface area contributed by atoms with Crippen LogP contribution >= 0.6 is 0 Å². The molecule has 0 N–H and O–H groups in total. The van der Waals surface area contributed by atoms with Gasteiger partial charge in [0.15, 0.2) is 0 Å². The van der Waals surface area contributed by atoms with Gasteiger partial charge >= 0.3 is 0 Å². The lowest BCUT2D eigenvalue weighted by Crippen LogP contribution is -1.81. The third-order valence-corrected chi connectivity index (χ3v) is 3.06. The molecule has 0 bridgehead atoms. The van der Waals surface area contributed by atoms with Crippen molar-refractivity contribution in [3.63, 3.8) is 0 Å². The normalized spacial score (nSPS) is 7.60. The molecule has 0 aliphatic rings.